The van der Waals surface area contributed by atoms with Gasteiger partial charge in [-0.2, -0.15) is 0 Å². The number of hydrogen-bond donors (Lipinski definition) is 0. The van der Waals surface area contributed by atoms with E-state index in [0.717, 1.165) is 16.6 Å². The maximum atomic E-state index is 11.6. The molecule has 0 spiro atoms. The lowest BCUT2D eigenvalue weighted by molar-refractivity contribution is 0.528. The minimum atomic E-state index is -0.378. The van der Waals surface area contributed by atoms with Gasteiger partial charge in [-0.05, 0) is 31.5 Å². The van der Waals surface area contributed by atoms with Crippen LogP contribution in [0.25, 0.3) is 22.4 Å². The maximum absolute atomic E-state index is 11.6. The second kappa shape index (κ2) is 4.45. The summed E-state index contributed by atoms with van der Waals surface area (Å²) in [6.07, 6.45) is 0. The number of oxazole rings is 1. The molecule has 20 heavy (non-hydrogen) atoms. The number of fused-ring (bicyclic) bond motifs is 1. The smallest absolute Gasteiger partial charge is 0.408 e. The second-order valence-electron chi connectivity index (χ2n) is 4.69. The van der Waals surface area contributed by atoms with Crippen molar-refractivity contribution in [3.05, 3.63) is 45.3 Å². The summed E-state index contributed by atoms with van der Waals surface area (Å²) in [5, 5.41) is 0.389. The fraction of sp³-hybridized carbons (Fsp3) is 0.214. The minimum Gasteiger partial charge on any atom is -0.408 e. The number of rotatable bonds is 1. The predicted octanol–water partition coefficient (Wildman–Crippen LogP) is 2.86. The highest BCUT2D eigenvalue weighted by atomic mass is 35.5. The highest BCUT2D eigenvalue weighted by Gasteiger charge is 2.12. The maximum Gasteiger partial charge on any atom is 0.419 e. The van der Waals surface area contributed by atoms with Gasteiger partial charge < -0.3 is 4.42 Å². The van der Waals surface area contributed by atoms with Gasteiger partial charge in [-0.3, -0.25) is 4.57 Å². The van der Waals surface area contributed by atoms with Gasteiger partial charge in [0.2, 0.25) is 0 Å². The molecular weight excluding hydrogens is 278 g/mol. The molecule has 3 aromatic rings. The molecule has 102 valence electrons. The van der Waals surface area contributed by atoms with E-state index in [1.807, 2.05) is 13.0 Å². The molecule has 2 heterocycles. The Morgan fingerprint density at radius 3 is 2.65 bits per heavy atom. The molecule has 0 atom stereocenters. The molecule has 0 aliphatic rings. The third-order valence-corrected chi connectivity index (χ3v) is 3.37. The monoisotopic (exact) mass is 289 g/mol. The third-order valence-electron chi connectivity index (χ3n) is 3.17. The van der Waals surface area contributed by atoms with Crippen LogP contribution in [0.5, 0.6) is 0 Å². The van der Waals surface area contributed by atoms with Crippen molar-refractivity contribution in [3.63, 3.8) is 0 Å². The van der Waals surface area contributed by atoms with E-state index in [0.29, 0.717) is 22.3 Å². The predicted molar refractivity (Wildman–Crippen MR) is 77.0 cm³/mol. The lowest BCUT2D eigenvalue weighted by Gasteiger charge is -2.05. The largest absolute Gasteiger partial charge is 0.419 e. The van der Waals surface area contributed by atoms with Crippen LogP contribution in [0.1, 0.15) is 11.4 Å². The Morgan fingerprint density at radius 2 is 1.95 bits per heavy atom. The first kappa shape index (κ1) is 12.9. The van der Waals surface area contributed by atoms with E-state index in [-0.39, 0.29) is 5.76 Å². The van der Waals surface area contributed by atoms with Crippen LogP contribution in [0, 0.1) is 13.8 Å². The van der Waals surface area contributed by atoms with Crippen LogP contribution in [-0.2, 0) is 7.05 Å². The van der Waals surface area contributed by atoms with Gasteiger partial charge in [-0.15, -0.1) is 0 Å². The number of halogens is 1. The molecule has 6 heteroatoms. The Morgan fingerprint density at radius 1 is 1.20 bits per heavy atom. The molecule has 0 bridgehead atoms. The molecule has 0 saturated carbocycles. The summed E-state index contributed by atoms with van der Waals surface area (Å²) in [5.74, 6) is 0.219. The van der Waals surface area contributed by atoms with E-state index in [1.54, 1.807) is 26.1 Å². The number of hydrogen-bond acceptors (Lipinski definition) is 4. The van der Waals surface area contributed by atoms with Crippen LogP contribution >= 0.6 is 11.6 Å². The Labute approximate surface area is 119 Å². The van der Waals surface area contributed by atoms with Crippen molar-refractivity contribution in [1.29, 1.82) is 0 Å². The van der Waals surface area contributed by atoms with E-state index < -0.39 is 0 Å². The quantitative estimate of drug-likeness (QED) is 0.646. The van der Waals surface area contributed by atoms with Gasteiger partial charge in [0.15, 0.2) is 5.58 Å². The zero-order valence-electron chi connectivity index (χ0n) is 11.3. The average molecular weight is 290 g/mol. The first-order valence-corrected chi connectivity index (χ1v) is 6.45. The lowest BCUT2D eigenvalue weighted by Crippen LogP contribution is -2.08. The SMILES string of the molecule is Cc1nc(Cl)cc(-c2cc(C)c3c(c2)oc(=O)n3C)n1. The molecule has 3 rings (SSSR count). The molecule has 0 fully saturated rings. The van der Waals surface area contributed by atoms with Crippen LogP contribution in [0.2, 0.25) is 5.15 Å². The summed E-state index contributed by atoms with van der Waals surface area (Å²) in [6.45, 7) is 3.71. The second-order valence-corrected chi connectivity index (χ2v) is 5.08. The fourth-order valence-electron chi connectivity index (χ4n) is 2.34. The van der Waals surface area contributed by atoms with Crippen molar-refractivity contribution < 1.29 is 4.42 Å². The van der Waals surface area contributed by atoms with Crippen LogP contribution in [0.4, 0.5) is 0 Å². The zero-order valence-corrected chi connectivity index (χ0v) is 12.0. The number of nitrogens with zero attached hydrogens (tertiary/aromatic N) is 3. The Balaban J connectivity index is 2.30. The molecule has 0 aliphatic carbocycles. The first-order chi connectivity index (χ1) is 9.45. The average Bonchev–Trinajstić information content (AvgIpc) is 2.64. The molecule has 0 N–H and O–H groups in total. The van der Waals surface area contributed by atoms with E-state index in [4.69, 9.17) is 16.0 Å². The van der Waals surface area contributed by atoms with E-state index in [9.17, 15) is 4.79 Å². The molecule has 1 aromatic carbocycles. The Kier molecular flexibility index (Phi) is 2.87. The van der Waals surface area contributed by atoms with Crippen LogP contribution < -0.4 is 5.76 Å². The van der Waals surface area contributed by atoms with Crippen molar-refractivity contribution in [2.75, 3.05) is 0 Å². The minimum absolute atomic E-state index is 0.378. The van der Waals surface area contributed by atoms with E-state index >= 15 is 0 Å². The number of aryl methyl sites for hydroxylation is 3. The highest BCUT2D eigenvalue weighted by Crippen LogP contribution is 2.26. The van der Waals surface area contributed by atoms with Crippen molar-refractivity contribution in [2.24, 2.45) is 7.05 Å². The summed E-state index contributed by atoms with van der Waals surface area (Å²) in [7, 11) is 1.69. The normalized spacial score (nSPS) is 11.2. The fourth-order valence-corrected chi connectivity index (χ4v) is 2.56. The highest BCUT2D eigenvalue weighted by molar-refractivity contribution is 6.29. The topological polar surface area (TPSA) is 60.9 Å². The Bertz CT molecular complexity index is 860. The summed E-state index contributed by atoms with van der Waals surface area (Å²) in [4.78, 5) is 20.0. The van der Waals surface area contributed by atoms with Gasteiger partial charge >= 0.3 is 5.76 Å². The van der Waals surface area contributed by atoms with Gasteiger partial charge in [0.25, 0.3) is 0 Å². The van der Waals surface area contributed by atoms with Crippen molar-refractivity contribution >= 4 is 22.7 Å². The van der Waals surface area contributed by atoms with Gasteiger partial charge in [0.1, 0.15) is 11.0 Å². The summed E-state index contributed by atoms with van der Waals surface area (Å²) >= 11 is 5.96. The molecule has 0 amide bonds. The Hall–Kier alpha value is -2.14. The van der Waals surface area contributed by atoms with Crippen LogP contribution in [0.15, 0.2) is 27.4 Å². The van der Waals surface area contributed by atoms with Gasteiger partial charge in [-0.25, -0.2) is 14.8 Å². The molecule has 0 unspecified atom stereocenters. The lowest BCUT2D eigenvalue weighted by atomic mass is 10.1. The van der Waals surface area contributed by atoms with Crippen molar-refractivity contribution in [3.8, 4) is 11.3 Å². The van der Waals surface area contributed by atoms with E-state index in [1.165, 1.54) is 4.57 Å². The van der Waals surface area contributed by atoms with Crippen LogP contribution in [-0.4, -0.2) is 14.5 Å². The summed E-state index contributed by atoms with van der Waals surface area (Å²) < 4.78 is 6.73. The molecule has 2 aromatic heterocycles. The first-order valence-electron chi connectivity index (χ1n) is 6.07. The standard InChI is InChI=1S/C14H12ClN3O2/c1-7-4-9(10-6-12(15)17-8(2)16-10)5-11-13(7)18(3)14(19)20-11/h4-6H,1-3H3. The molecule has 5 nitrogen and oxygen atoms in total. The van der Waals surface area contributed by atoms with Crippen molar-refractivity contribution in [2.45, 2.75) is 13.8 Å². The van der Waals surface area contributed by atoms with Gasteiger partial charge in [0, 0.05) is 18.7 Å². The molecule has 0 radical (unpaired) electrons. The third kappa shape index (κ3) is 2.00. The van der Waals surface area contributed by atoms with Gasteiger partial charge in [0.05, 0.1) is 11.2 Å². The summed E-state index contributed by atoms with van der Waals surface area (Å²) in [6, 6.07) is 5.44. The zero-order chi connectivity index (χ0) is 14.4. The molecule has 0 saturated heterocycles. The summed E-state index contributed by atoms with van der Waals surface area (Å²) in [5.41, 5.74) is 3.82. The van der Waals surface area contributed by atoms with Crippen LogP contribution in [0.3, 0.4) is 0 Å². The van der Waals surface area contributed by atoms with Gasteiger partial charge in [-0.1, -0.05) is 11.6 Å². The van der Waals surface area contributed by atoms with Crippen molar-refractivity contribution in [1.82, 2.24) is 14.5 Å². The molecular formula is C14H12ClN3O2. The number of benzene rings is 1. The molecule has 0 aliphatic heterocycles. The van der Waals surface area contributed by atoms with E-state index in [2.05, 4.69) is 9.97 Å². The number of aromatic nitrogens is 3.